The molecule has 0 heterocycles. The van der Waals surface area contributed by atoms with Crippen molar-refractivity contribution in [1.82, 2.24) is 10.4 Å². The van der Waals surface area contributed by atoms with Crippen molar-refractivity contribution in [2.75, 3.05) is 46.1 Å². The number of hydrogen-bond acceptors (Lipinski definition) is 8. The van der Waals surface area contributed by atoms with E-state index in [-0.39, 0.29) is 38.7 Å². The second kappa shape index (κ2) is 12.7. The van der Waals surface area contributed by atoms with Crippen molar-refractivity contribution >= 4 is 5.91 Å². The third-order valence-electron chi connectivity index (χ3n) is 2.87. The summed E-state index contributed by atoms with van der Waals surface area (Å²) in [5.74, 6) is -1.85. The Hall–Kier alpha value is -0.810. The highest BCUT2D eigenvalue weighted by atomic mass is 16.7. The number of aliphatic hydroxyl groups is 2. The number of carbonyl (C=O) groups excluding carboxylic acids is 1. The van der Waals surface area contributed by atoms with Crippen LogP contribution in [-0.4, -0.2) is 73.1 Å². The minimum absolute atomic E-state index is 0.0392. The zero-order chi connectivity index (χ0) is 16.8. The molecule has 1 amide bonds. The number of aliphatic hydroxyl groups excluding tert-OH is 2. The third-order valence-corrected chi connectivity index (χ3v) is 2.87. The van der Waals surface area contributed by atoms with Gasteiger partial charge in [-0.2, -0.15) is 5.01 Å². The molecule has 0 unspecified atom stereocenters. The van der Waals surface area contributed by atoms with Gasteiger partial charge in [0.2, 0.25) is 5.91 Å². The third kappa shape index (κ3) is 7.45. The number of hydrogen-bond donors (Lipinski definition) is 5. The normalized spacial score (nSPS) is 11.9. The van der Waals surface area contributed by atoms with Gasteiger partial charge in [0.05, 0.1) is 19.8 Å². The van der Waals surface area contributed by atoms with E-state index < -0.39 is 12.5 Å². The quantitative estimate of drug-likeness (QED) is 0.142. The van der Waals surface area contributed by atoms with Crippen molar-refractivity contribution in [1.29, 1.82) is 0 Å². The number of amides is 1. The van der Waals surface area contributed by atoms with Gasteiger partial charge in [-0.3, -0.25) is 10.2 Å². The monoisotopic (exact) mass is 322 g/mol. The van der Waals surface area contributed by atoms with Gasteiger partial charge in [-0.15, -0.1) is 0 Å². The maximum atomic E-state index is 11.7. The summed E-state index contributed by atoms with van der Waals surface area (Å²) in [6.07, 6.45) is 1.38. The Morgan fingerprint density at radius 2 is 1.73 bits per heavy atom. The van der Waals surface area contributed by atoms with Gasteiger partial charge in [0.1, 0.15) is 6.61 Å². The summed E-state index contributed by atoms with van der Waals surface area (Å²) >= 11 is 0. The van der Waals surface area contributed by atoms with Gasteiger partial charge in [-0.05, 0) is 25.9 Å². The fourth-order valence-corrected chi connectivity index (χ4v) is 1.65. The Morgan fingerprint density at radius 1 is 1.18 bits per heavy atom. The molecule has 0 spiro atoms. The van der Waals surface area contributed by atoms with Crippen LogP contribution < -0.4 is 16.9 Å². The number of ether oxygens (including phenoxy) is 2. The van der Waals surface area contributed by atoms with Gasteiger partial charge < -0.3 is 31.2 Å². The number of nitrogens with two attached hydrogens (primary N) is 2. The summed E-state index contributed by atoms with van der Waals surface area (Å²) < 4.78 is 11.3. The van der Waals surface area contributed by atoms with Crippen LogP contribution in [0.2, 0.25) is 0 Å². The SMILES string of the molecule is CCC(=O)NN(CCO)C(CO)(OCCCN)OCCCN. The first-order valence-electron chi connectivity index (χ1n) is 7.57. The van der Waals surface area contributed by atoms with E-state index in [4.69, 9.17) is 20.9 Å². The molecule has 0 aromatic heterocycles. The molecule has 0 saturated heterocycles. The standard InChI is InChI=1S/C13H30N4O5/c1-2-12(20)16-17(7-8-18)13(11-19,21-9-3-5-14)22-10-4-6-15/h18-19H,2-11,14-15H2,1H3,(H,16,20). The van der Waals surface area contributed by atoms with E-state index >= 15 is 0 Å². The second-order valence-corrected chi connectivity index (χ2v) is 4.62. The first-order chi connectivity index (χ1) is 10.6. The Kier molecular flexibility index (Phi) is 12.2. The highest BCUT2D eigenvalue weighted by Crippen LogP contribution is 2.18. The smallest absolute Gasteiger partial charge is 0.271 e. The average molecular weight is 322 g/mol. The van der Waals surface area contributed by atoms with Crippen LogP contribution in [0.25, 0.3) is 0 Å². The molecule has 0 bridgehead atoms. The van der Waals surface area contributed by atoms with Gasteiger partial charge in [-0.25, -0.2) is 0 Å². The van der Waals surface area contributed by atoms with E-state index in [1.807, 2.05) is 0 Å². The van der Waals surface area contributed by atoms with Crippen LogP contribution in [-0.2, 0) is 14.3 Å². The molecule has 132 valence electrons. The van der Waals surface area contributed by atoms with E-state index in [0.29, 0.717) is 25.9 Å². The highest BCUT2D eigenvalue weighted by Gasteiger charge is 2.39. The summed E-state index contributed by atoms with van der Waals surface area (Å²) in [4.78, 5) is 11.7. The largest absolute Gasteiger partial charge is 0.395 e. The summed E-state index contributed by atoms with van der Waals surface area (Å²) in [6.45, 7) is 2.29. The van der Waals surface area contributed by atoms with Crippen molar-refractivity contribution in [2.24, 2.45) is 11.5 Å². The van der Waals surface area contributed by atoms with E-state index in [2.05, 4.69) is 5.43 Å². The summed E-state index contributed by atoms with van der Waals surface area (Å²) in [5.41, 5.74) is 13.4. The molecule has 0 radical (unpaired) electrons. The average Bonchev–Trinajstić information content (AvgIpc) is 2.53. The van der Waals surface area contributed by atoms with Crippen LogP contribution in [0.15, 0.2) is 0 Å². The molecule has 22 heavy (non-hydrogen) atoms. The zero-order valence-electron chi connectivity index (χ0n) is 13.3. The predicted octanol–water partition coefficient (Wildman–Crippen LogP) is -1.90. The maximum Gasteiger partial charge on any atom is 0.271 e. The van der Waals surface area contributed by atoms with Crippen LogP contribution in [0.4, 0.5) is 0 Å². The van der Waals surface area contributed by atoms with Crippen LogP contribution in [0.3, 0.4) is 0 Å². The van der Waals surface area contributed by atoms with Gasteiger partial charge in [0.25, 0.3) is 5.91 Å². The predicted molar refractivity (Wildman–Crippen MR) is 81.3 cm³/mol. The molecular formula is C13H30N4O5. The molecule has 0 aliphatic heterocycles. The Morgan fingerprint density at radius 3 is 2.09 bits per heavy atom. The number of nitrogens with zero attached hydrogens (tertiary/aromatic N) is 1. The topological polar surface area (TPSA) is 143 Å². The van der Waals surface area contributed by atoms with Gasteiger partial charge in [0, 0.05) is 13.0 Å². The maximum absolute atomic E-state index is 11.7. The fourth-order valence-electron chi connectivity index (χ4n) is 1.65. The Balaban J connectivity index is 5.07. The zero-order valence-corrected chi connectivity index (χ0v) is 13.3. The minimum atomic E-state index is -1.57. The lowest BCUT2D eigenvalue weighted by Crippen LogP contribution is -2.63. The van der Waals surface area contributed by atoms with Crippen molar-refractivity contribution in [2.45, 2.75) is 32.1 Å². The first kappa shape index (κ1) is 21.2. The van der Waals surface area contributed by atoms with E-state index in [1.54, 1.807) is 6.92 Å². The molecule has 7 N–H and O–H groups in total. The minimum Gasteiger partial charge on any atom is -0.395 e. The molecule has 0 aliphatic rings. The van der Waals surface area contributed by atoms with Gasteiger partial charge in [0.15, 0.2) is 0 Å². The highest BCUT2D eigenvalue weighted by molar-refractivity contribution is 5.74. The molecule has 0 fully saturated rings. The van der Waals surface area contributed by atoms with Crippen LogP contribution >= 0.6 is 0 Å². The first-order valence-corrected chi connectivity index (χ1v) is 7.57. The number of hydrazine groups is 1. The summed E-state index contributed by atoms with van der Waals surface area (Å²) in [5, 5.41) is 20.2. The van der Waals surface area contributed by atoms with Crippen LogP contribution in [0, 0.1) is 0 Å². The second-order valence-electron chi connectivity index (χ2n) is 4.62. The van der Waals surface area contributed by atoms with Crippen LogP contribution in [0.5, 0.6) is 0 Å². The number of rotatable bonds is 14. The molecule has 0 rings (SSSR count). The molecular weight excluding hydrogens is 292 g/mol. The fraction of sp³-hybridized carbons (Fsp3) is 0.923. The summed E-state index contributed by atoms with van der Waals surface area (Å²) in [7, 11) is 0. The van der Waals surface area contributed by atoms with Crippen molar-refractivity contribution in [3.8, 4) is 0 Å². The van der Waals surface area contributed by atoms with Crippen LogP contribution in [0.1, 0.15) is 26.2 Å². The molecule has 0 aromatic rings. The molecule has 0 atom stereocenters. The van der Waals surface area contributed by atoms with Crippen molar-refractivity contribution < 1.29 is 24.5 Å². The number of carbonyl (C=O) groups is 1. The van der Waals surface area contributed by atoms with E-state index in [1.165, 1.54) is 5.01 Å². The molecule has 9 nitrogen and oxygen atoms in total. The summed E-state index contributed by atoms with van der Waals surface area (Å²) in [6, 6.07) is 0. The van der Waals surface area contributed by atoms with E-state index in [0.717, 1.165) is 0 Å². The van der Waals surface area contributed by atoms with Crippen molar-refractivity contribution in [3.05, 3.63) is 0 Å². The van der Waals surface area contributed by atoms with Crippen molar-refractivity contribution in [3.63, 3.8) is 0 Å². The molecule has 0 saturated carbocycles. The van der Waals surface area contributed by atoms with Gasteiger partial charge >= 0.3 is 0 Å². The lowest BCUT2D eigenvalue weighted by Gasteiger charge is -2.41. The van der Waals surface area contributed by atoms with Gasteiger partial charge in [-0.1, -0.05) is 6.92 Å². The lowest BCUT2D eigenvalue weighted by molar-refractivity contribution is -0.342. The Bertz CT molecular complexity index is 284. The Labute approximate surface area is 131 Å². The molecule has 0 aromatic carbocycles. The molecule has 9 heteroatoms. The lowest BCUT2D eigenvalue weighted by atomic mass is 10.4. The number of nitrogens with one attached hydrogen (secondary N) is 1. The van der Waals surface area contributed by atoms with E-state index in [9.17, 15) is 15.0 Å². The molecule has 0 aliphatic carbocycles.